The maximum absolute atomic E-state index is 12.8. The summed E-state index contributed by atoms with van der Waals surface area (Å²) in [4.78, 5) is 37.2. The maximum Gasteiger partial charge on any atom is 0.306 e. The molecule has 2 atom stereocenters. The first-order valence-electron chi connectivity index (χ1n) is 29.5. The summed E-state index contributed by atoms with van der Waals surface area (Å²) in [5, 5.41) is 11.7. The Hall–Kier alpha value is -2.45. The molecule has 0 spiro atoms. The molecule has 0 N–H and O–H groups in total. The summed E-state index contributed by atoms with van der Waals surface area (Å²) >= 11 is 0. The molecule has 0 aliphatic carbocycles. The van der Waals surface area contributed by atoms with Gasteiger partial charge in [0.05, 0.1) is 40.3 Å². The number of likely N-dealkylation sites (N-methyl/N-ethyl adjacent to an activating group) is 1. The van der Waals surface area contributed by atoms with Crippen molar-refractivity contribution in [3.8, 4) is 0 Å². The second-order valence-corrected chi connectivity index (χ2v) is 21.2. The van der Waals surface area contributed by atoms with E-state index in [0.29, 0.717) is 12.8 Å². The van der Waals surface area contributed by atoms with Crippen LogP contribution in [0.5, 0.6) is 0 Å². The Bertz CT molecular complexity index is 1220. The van der Waals surface area contributed by atoms with Crippen molar-refractivity contribution >= 4 is 17.9 Å². The Morgan fingerprint density at radius 3 is 1.13 bits per heavy atom. The zero-order valence-corrected chi connectivity index (χ0v) is 46.2. The van der Waals surface area contributed by atoms with E-state index < -0.39 is 18.1 Å². The Balaban J connectivity index is 4.17. The highest BCUT2D eigenvalue weighted by atomic mass is 16.6. The maximum atomic E-state index is 12.8. The number of allylic oxidation sites excluding steroid dienone is 6. The molecule has 0 aliphatic rings. The van der Waals surface area contributed by atoms with Gasteiger partial charge < -0.3 is 28.6 Å². The fourth-order valence-corrected chi connectivity index (χ4v) is 8.92. The smallest absolute Gasteiger partial charge is 0.306 e. The summed E-state index contributed by atoms with van der Waals surface area (Å²) in [6.45, 7) is 4.70. The topological polar surface area (TPSA) is 102 Å². The standard InChI is InChI=1S/C61H113NO7/c1-6-8-10-12-14-16-18-20-22-24-26-28-30-32-34-36-38-40-42-44-46-48-50-52-60(64)69-57(55-67-54-53-58(61(65)66)62(3,4)5)56-68-59(63)51-49-47-45-43-41-39-37-35-33-31-29-27-25-23-21-19-17-15-13-11-9-7-2/h25,27,31-34,57-58H,6-24,26,28-30,35-56H2,1-5H3/b27-25+,33-31+,34-32+. The summed E-state index contributed by atoms with van der Waals surface area (Å²) in [6, 6.07) is -0.728. The number of unbranched alkanes of at least 4 members (excludes halogenated alkanes) is 34. The van der Waals surface area contributed by atoms with Gasteiger partial charge in [0.1, 0.15) is 12.6 Å². The average molecular weight is 973 g/mol. The number of hydrogen-bond donors (Lipinski definition) is 0. The Morgan fingerprint density at radius 1 is 0.435 bits per heavy atom. The molecule has 0 saturated carbocycles. The van der Waals surface area contributed by atoms with E-state index in [1.165, 1.54) is 199 Å². The summed E-state index contributed by atoms with van der Waals surface area (Å²) in [5.41, 5.74) is 0. The van der Waals surface area contributed by atoms with E-state index in [9.17, 15) is 19.5 Å². The Labute approximate surface area is 427 Å². The van der Waals surface area contributed by atoms with Crippen molar-refractivity contribution in [2.24, 2.45) is 0 Å². The van der Waals surface area contributed by atoms with Gasteiger partial charge in [0.15, 0.2) is 6.10 Å². The minimum absolute atomic E-state index is 0.0385. The summed E-state index contributed by atoms with van der Waals surface area (Å²) in [5.74, 6) is -1.73. The van der Waals surface area contributed by atoms with Crippen LogP contribution in [-0.2, 0) is 28.6 Å². The number of esters is 2. The van der Waals surface area contributed by atoms with Crippen molar-refractivity contribution in [3.63, 3.8) is 0 Å². The number of carbonyl (C=O) groups is 3. The molecule has 0 aromatic carbocycles. The summed E-state index contributed by atoms with van der Waals surface area (Å²) in [7, 11) is 5.43. The fourth-order valence-electron chi connectivity index (χ4n) is 8.92. The molecule has 8 heteroatoms. The van der Waals surface area contributed by atoms with Crippen molar-refractivity contribution in [1.82, 2.24) is 0 Å². The van der Waals surface area contributed by atoms with Crippen LogP contribution in [0, 0.1) is 0 Å². The van der Waals surface area contributed by atoms with E-state index in [1.807, 2.05) is 21.1 Å². The number of rotatable bonds is 54. The molecular formula is C61H113NO7. The van der Waals surface area contributed by atoms with E-state index in [4.69, 9.17) is 14.2 Å². The minimum Gasteiger partial charge on any atom is -0.544 e. The van der Waals surface area contributed by atoms with Gasteiger partial charge in [-0.3, -0.25) is 9.59 Å². The number of carboxylic acids is 1. The first kappa shape index (κ1) is 66.6. The van der Waals surface area contributed by atoms with Crippen LogP contribution in [0.15, 0.2) is 36.5 Å². The number of quaternary nitrogens is 1. The van der Waals surface area contributed by atoms with Crippen molar-refractivity contribution in [1.29, 1.82) is 0 Å². The van der Waals surface area contributed by atoms with Gasteiger partial charge >= 0.3 is 11.9 Å². The molecule has 0 radical (unpaired) electrons. The predicted molar refractivity (Wildman–Crippen MR) is 291 cm³/mol. The lowest BCUT2D eigenvalue weighted by Gasteiger charge is -2.34. The number of aliphatic carboxylic acids is 1. The largest absolute Gasteiger partial charge is 0.544 e. The first-order valence-corrected chi connectivity index (χ1v) is 29.5. The second kappa shape index (κ2) is 51.9. The third kappa shape index (κ3) is 50.3. The quantitative estimate of drug-likeness (QED) is 0.0259. The van der Waals surface area contributed by atoms with Crippen LogP contribution >= 0.6 is 0 Å². The van der Waals surface area contributed by atoms with Gasteiger partial charge in [-0.2, -0.15) is 0 Å². The lowest BCUT2D eigenvalue weighted by molar-refractivity contribution is -0.889. The van der Waals surface area contributed by atoms with E-state index in [1.54, 1.807) is 0 Å². The molecule has 0 aromatic heterocycles. The first-order chi connectivity index (χ1) is 33.6. The zero-order valence-electron chi connectivity index (χ0n) is 46.2. The van der Waals surface area contributed by atoms with Crippen molar-refractivity contribution in [2.75, 3.05) is 41.0 Å². The molecule has 0 aromatic rings. The predicted octanol–water partition coefficient (Wildman–Crippen LogP) is 16.4. The third-order valence-electron chi connectivity index (χ3n) is 13.5. The molecule has 0 saturated heterocycles. The van der Waals surface area contributed by atoms with E-state index in [2.05, 4.69) is 50.3 Å². The van der Waals surface area contributed by atoms with E-state index >= 15 is 0 Å². The molecule has 69 heavy (non-hydrogen) atoms. The van der Waals surface area contributed by atoms with Gasteiger partial charge in [-0.1, -0.05) is 230 Å². The van der Waals surface area contributed by atoms with Crippen LogP contribution in [0.25, 0.3) is 0 Å². The molecule has 0 rings (SSSR count). The molecule has 0 amide bonds. The fraction of sp³-hybridized carbons (Fsp3) is 0.852. The van der Waals surface area contributed by atoms with Crippen molar-refractivity contribution in [2.45, 2.75) is 296 Å². The molecular weight excluding hydrogens is 859 g/mol. The Morgan fingerprint density at radius 2 is 0.768 bits per heavy atom. The second-order valence-electron chi connectivity index (χ2n) is 21.2. The van der Waals surface area contributed by atoms with E-state index in [0.717, 1.165) is 51.4 Å². The van der Waals surface area contributed by atoms with Gasteiger partial charge in [0.25, 0.3) is 0 Å². The van der Waals surface area contributed by atoms with Crippen LogP contribution in [0.1, 0.15) is 284 Å². The summed E-state index contributed by atoms with van der Waals surface area (Å²) < 4.78 is 17.3. The number of ether oxygens (including phenoxy) is 3. The molecule has 2 unspecified atom stereocenters. The summed E-state index contributed by atoms with van der Waals surface area (Å²) in [6.07, 6.45) is 63.3. The lowest BCUT2D eigenvalue weighted by atomic mass is 10.0. The minimum atomic E-state index is -1.12. The third-order valence-corrected chi connectivity index (χ3v) is 13.5. The number of nitrogens with zero attached hydrogens (tertiary/aromatic N) is 1. The molecule has 0 fully saturated rings. The zero-order chi connectivity index (χ0) is 50.6. The SMILES string of the molecule is CCCCCCCCCC/C=C/C/C=C/CCCCCCCCCC(=O)OCC(COCCC(C(=O)[O-])[N+](C)(C)C)OC(=O)CCCCCCCCC/C=C/CCCCCCCCCCCCCC. The van der Waals surface area contributed by atoms with Crippen molar-refractivity contribution < 1.29 is 38.2 Å². The van der Waals surface area contributed by atoms with Crippen LogP contribution in [0.4, 0.5) is 0 Å². The highest BCUT2D eigenvalue weighted by Crippen LogP contribution is 2.16. The molecule has 404 valence electrons. The number of hydrogen-bond acceptors (Lipinski definition) is 7. The van der Waals surface area contributed by atoms with E-state index in [-0.39, 0.29) is 42.7 Å². The van der Waals surface area contributed by atoms with Crippen LogP contribution in [0.3, 0.4) is 0 Å². The van der Waals surface area contributed by atoms with Gasteiger partial charge in [-0.25, -0.2) is 0 Å². The van der Waals surface area contributed by atoms with Crippen LogP contribution in [0.2, 0.25) is 0 Å². The highest BCUT2D eigenvalue weighted by Gasteiger charge is 2.25. The molecule has 0 aliphatic heterocycles. The highest BCUT2D eigenvalue weighted by molar-refractivity contribution is 5.70. The molecule has 0 heterocycles. The Kier molecular flexibility index (Phi) is 50.0. The normalized spacial score (nSPS) is 13.0. The van der Waals surface area contributed by atoms with Crippen LogP contribution < -0.4 is 5.11 Å². The monoisotopic (exact) mass is 972 g/mol. The van der Waals surface area contributed by atoms with Crippen LogP contribution in [-0.4, -0.2) is 75.5 Å². The lowest BCUT2D eigenvalue weighted by Crippen LogP contribution is -2.55. The van der Waals surface area contributed by atoms with Gasteiger partial charge in [-0.05, 0) is 70.6 Å². The van der Waals surface area contributed by atoms with Gasteiger partial charge in [0.2, 0.25) is 0 Å². The van der Waals surface area contributed by atoms with Gasteiger partial charge in [-0.15, -0.1) is 0 Å². The number of carboxylic acid groups (broad SMARTS) is 1. The number of carbonyl (C=O) groups excluding carboxylic acids is 3. The molecule has 0 bridgehead atoms. The van der Waals surface area contributed by atoms with Crippen molar-refractivity contribution in [3.05, 3.63) is 36.5 Å². The van der Waals surface area contributed by atoms with Gasteiger partial charge in [0, 0.05) is 19.3 Å². The molecule has 8 nitrogen and oxygen atoms in total. The average Bonchev–Trinajstić information content (AvgIpc) is 3.31.